The molecule has 0 fully saturated rings. The van der Waals surface area contributed by atoms with Gasteiger partial charge in [0.05, 0.1) is 22.9 Å². The number of thiazole rings is 1. The Bertz CT molecular complexity index is 859. The average molecular weight is 351 g/mol. The number of hydrogen-bond donors (Lipinski definition) is 1. The smallest absolute Gasteiger partial charge is 0.271 e. The lowest BCUT2D eigenvalue weighted by molar-refractivity contribution is 0.0935. The first-order valence-corrected chi connectivity index (χ1v) is 9.25. The molecule has 1 unspecified atom stereocenters. The first-order chi connectivity index (χ1) is 12.0. The summed E-state index contributed by atoms with van der Waals surface area (Å²) in [4.78, 5) is 21.0. The first-order valence-electron chi connectivity index (χ1n) is 8.31. The molecule has 5 heteroatoms. The van der Waals surface area contributed by atoms with E-state index in [0.29, 0.717) is 11.6 Å². The summed E-state index contributed by atoms with van der Waals surface area (Å²) in [7, 11) is 0. The standard InChI is InChI=1S/C20H21N3OS/c1-13(2)15-6-4-7-16(10-15)18-9-5-8-17(23-18)14(3)22-20(24)19-11-25-12-21-19/h4-14H,1-3H3,(H,22,24). The molecule has 3 rings (SSSR count). The summed E-state index contributed by atoms with van der Waals surface area (Å²) < 4.78 is 0. The fourth-order valence-corrected chi connectivity index (χ4v) is 3.11. The van der Waals surface area contributed by atoms with Crippen LogP contribution in [0, 0.1) is 0 Å². The van der Waals surface area contributed by atoms with E-state index in [2.05, 4.69) is 48.4 Å². The quantitative estimate of drug-likeness (QED) is 0.717. The van der Waals surface area contributed by atoms with Crippen LogP contribution in [0.3, 0.4) is 0 Å². The fraction of sp³-hybridized carbons (Fsp3) is 0.250. The average Bonchev–Trinajstić information content (AvgIpc) is 3.16. The maximum absolute atomic E-state index is 12.2. The van der Waals surface area contributed by atoms with Gasteiger partial charge in [-0.2, -0.15) is 0 Å². The normalized spacial score (nSPS) is 12.2. The number of benzene rings is 1. The predicted octanol–water partition coefficient (Wildman–Crippen LogP) is 4.82. The van der Waals surface area contributed by atoms with Crippen LogP contribution in [0.4, 0.5) is 0 Å². The van der Waals surface area contributed by atoms with Gasteiger partial charge in [0.15, 0.2) is 0 Å². The molecule has 0 radical (unpaired) electrons. The van der Waals surface area contributed by atoms with Gasteiger partial charge in [0.25, 0.3) is 5.91 Å². The highest BCUT2D eigenvalue weighted by Crippen LogP contribution is 2.24. The van der Waals surface area contributed by atoms with Crippen molar-refractivity contribution in [1.82, 2.24) is 15.3 Å². The first kappa shape index (κ1) is 17.3. The summed E-state index contributed by atoms with van der Waals surface area (Å²) in [5.74, 6) is 0.294. The zero-order chi connectivity index (χ0) is 17.8. The number of rotatable bonds is 5. The van der Waals surface area contributed by atoms with Crippen molar-refractivity contribution < 1.29 is 4.79 Å². The summed E-state index contributed by atoms with van der Waals surface area (Å²) in [6.45, 7) is 6.29. The van der Waals surface area contributed by atoms with Gasteiger partial charge in [0, 0.05) is 10.9 Å². The van der Waals surface area contributed by atoms with Crippen LogP contribution in [-0.2, 0) is 0 Å². The van der Waals surface area contributed by atoms with Crippen LogP contribution >= 0.6 is 11.3 Å². The zero-order valence-electron chi connectivity index (χ0n) is 14.6. The molecule has 4 nitrogen and oxygen atoms in total. The molecule has 2 heterocycles. The monoisotopic (exact) mass is 351 g/mol. The third kappa shape index (κ3) is 4.12. The third-order valence-electron chi connectivity index (χ3n) is 4.08. The number of carbonyl (C=O) groups is 1. The molecule has 0 saturated heterocycles. The Kier molecular flexibility index (Phi) is 5.24. The Balaban J connectivity index is 1.81. The minimum atomic E-state index is -0.192. The summed E-state index contributed by atoms with van der Waals surface area (Å²) in [5, 5.41) is 4.69. The van der Waals surface area contributed by atoms with E-state index >= 15 is 0 Å². The second-order valence-electron chi connectivity index (χ2n) is 6.30. The van der Waals surface area contributed by atoms with E-state index in [1.165, 1.54) is 16.9 Å². The van der Waals surface area contributed by atoms with E-state index in [4.69, 9.17) is 4.98 Å². The summed E-state index contributed by atoms with van der Waals surface area (Å²) in [6, 6.07) is 14.2. The van der Waals surface area contributed by atoms with Crippen LogP contribution in [0.5, 0.6) is 0 Å². The van der Waals surface area contributed by atoms with E-state index in [-0.39, 0.29) is 11.9 Å². The third-order valence-corrected chi connectivity index (χ3v) is 4.66. The molecule has 2 aromatic heterocycles. The van der Waals surface area contributed by atoms with Crippen molar-refractivity contribution in [3.05, 3.63) is 70.3 Å². The zero-order valence-corrected chi connectivity index (χ0v) is 15.4. The van der Waals surface area contributed by atoms with Crippen molar-refractivity contribution in [2.45, 2.75) is 32.7 Å². The molecule has 1 N–H and O–H groups in total. The van der Waals surface area contributed by atoms with Gasteiger partial charge >= 0.3 is 0 Å². The molecule has 25 heavy (non-hydrogen) atoms. The van der Waals surface area contributed by atoms with E-state index in [9.17, 15) is 4.79 Å². The molecular formula is C20H21N3OS. The number of amides is 1. The van der Waals surface area contributed by atoms with Gasteiger partial charge in [-0.1, -0.05) is 38.1 Å². The summed E-state index contributed by atoms with van der Waals surface area (Å²) >= 11 is 1.41. The number of carbonyl (C=O) groups excluding carboxylic acids is 1. The SMILES string of the molecule is CC(C)c1cccc(-c2cccc(C(C)NC(=O)c3cscn3)n2)c1. The van der Waals surface area contributed by atoms with Crippen molar-refractivity contribution >= 4 is 17.2 Å². The van der Waals surface area contributed by atoms with Crippen molar-refractivity contribution in [3.8, 4) is 11.3 Å². The molecule has 3 aromatic rings. The van der Waals surface area contributed by atoms with Gasteiger partial charge < -0.3 is 5.32 Å². The number of nitrogens with one attached hydrogen (secondary N) is 1. The van der Waals surface area contributed by atoms with Crippen LogP contribution in [-0.4, -0.2) is 15.9 Å². The molecule has 1 amide bonds. The minimum absolute atomic E-state index is 0.178. The molecule has 0 aliphatic carbocycles. The van der Waals surface area contributed by atoms with Crippen molar-refractivity contribution in [1.29, 1.82) is 0 Å². The Labute approximate surface area is 152 Å². The van der Waals surface area contributed by atoms with Crippen LogP contribution in [0.2, 0.25) is 0 Å². The van der Waals surface area contributed by atoms with Gasteiger partial charge in [-0.05, 0) is 36.6 Å². The van der Waals surface area contributed by atoms with Crippen LogP contribution in [0.1, 0.15) is 54.5 Å². The molecule has 1 atom stereocenters. The van der Waals surface area contributed by atoms with Gasteiger partial charge in [-0.25, -0.2) is 4.98 Å². The van der Waals surface area contributed by atoms with E-state index in [1.807, 2.05) is 25.1 Å². The number of nitrogens with zero attached hydrogens (tertiary/aromatic N) is 2. The van der Waals surface area contributed by atoms with E-state index < -0.39 is 0 Å². The Morgan fingerprint density at radius 3 is 2.64 bits per heavy atom. The Morgan fingerprint density at radius 1 is 1.12 bits per heavy atom. The number of hydrogen-bond acceptors (Lipinski definition) is 4. The second kappa shape index (κ2) is 7.57. The second-order valence-corrected chi connectivity index (χ2v) is 7.02. The molecule has 0 bridgehead atoms. The lowest BCUT2D eigenvalue weighted by Crippen LogP contribution is -2.27. The molecular weight excluding hydrogens is 330 g/mol. The highest BCUT2D eigenvalue weighted by atomic mass is 32.1. The summed E-state index contributed by atoms with van der Waals surface area (Å²) in [5.41, 5.74) is 6.21. The van der Waals surface area contributed by atoms with Gasteiger partial charge in [-0.3, -0.25) is 9.78 Å². The lowest BCUT2D eigenvalue weighted by Gasteiger charge is -2.14. The highest BCUT2D eigenvalue weighted by molar-refractivity contribution is 7.07. The van der Waals surface area contributed by atoms with Gasteiger partial charge in [-0.15, -0.1) is 11.3 Å². The molecule has 1 aromatic carbocycles. The van der Waals surface area contributed by atoms with Crippen LogP contribution in [0.25, 0.3) is 11.3 Å². The van der Waals surface area contributed by atoms with E-state index in [0.717, 1.165) is 17.0 Å². The summed E-state index contributed by atoms with van der Waals surface area (Å²) in [6.07, 6.45) is 0. The number of pyridine rings is 1. The topological polar surface area (TPSA) is 54.9 Å². The Morgan fingerprint density at radius 2 is 1.92 bits per heavy atom. The molecule has 0 saturated carbocycles. The van der Waals surface area contributed by atoms with Crippen molar-refractivity contribution in [2.24, 2.45) is 0 Å². The van der Waals surface area contributed by atoms with Crippen LogP contribution < -0.4 is 5.32 Å². The molecule has 128 valence electrons. The maximum atomic E-state index is 12.2. The fourth-order valence-electron chi connectivity index (χ4n) is 2.58. The largest absolute Gasteiger partial charge is 0.343 e. The predicted molar refractivity (Wildman–Crippen MR) is 102 cm³/mol. The molecule has 0 aliphatic heterocycles. The van der Waals surface area contributed by atoms with Crippen LogP contribution in [0.15, 0.2) is 53.4 Å². The maximum Gasteiger partial charge on any atom is 0.271 e. The highest BCUT2D eigenvalue weighted by Gasteiger charge is 2.14. The van der Waals surface area contributed by atoms with Gasteiger partial charge in [0.2, 0.25) is 0 Å². The van der Waals surface area contributed by atoms with Crippen molar-refractivity contribution in [2.75, 3.05) is 0 Å². The van der Waals surface area contributed by atoms with E-state index in [1.54, 1.807) is 10.9 Å². The number of aromatic nitrogens is 2. The van der Waals surface area contributed by atoms with Crippen molar-refractivity contribution in [3.63, 3.8) is 0 Å². The Hall–Kier alpha value is -2.53. The lowest BCUT2D eigenvalue weighted by atomic mass is 9.99. The molecule has 0 aliphatic rings. The van der Waals surface area contributed by atoms with Gasteiger partial charge in [0.1, 0.15) is 5.69 Å². The molecule has 0 spiro atoms. The minimum Gasteiger partial charge on any atom is -0.343 e.